The molecule has 15 heteroatoms. The molecule has 4 aliphatic carbocycles. The topological polar surface area (TPSA) is 242 Å². The van der Waals surface area contributed by atoms with Crippen LogP contribution in [0.5, 0.6) is 0 Å². The molecule has 4 saturated carbocycles. The summed E-state index contributed by atoms with van der Waals surface area (Å²) in [6.45, 7) is 3.22. The van der Waals surface area contributed by atoms with Gasteiger partial charge in [0.1, 0.15) is 55.6 Å². The van der Waals surface area contributed by atoms with Gasteiger partial charge in [0, 0.05) is 17.9 Å². The Hall–Kier alpha value is -1.60. The Morgan fingerprint density at radius 1 is 0.860 bits per heavy atom. The SMILES string of the molecule is CC1OC(OC2CCC3(C=O)[C@H]4CCC5(C)C(C6=CC(=O)OC6)CCC5(O)[C@@H]4CCC3(O)C2)C(O)C(O)C1OC1OC(CO)C(O)C(O)C1O. The van der Waals surface area contributed by atoms with E-state index < -0.39 is 96.2 Å². The van der Waals surface area contributed by atoms with Crippen molar-refractivity contribution < 1.29 is 74.1 Å². The monoisotopic (exact) mass is 712 g/mol. The lowest BCUT2D eigenvalue weighted by atomic mass is 9.41. The Morgan fingerprint density at radius 2 is 1.56 bits per heavy atom. The summed E-state index contributed by atoms with van der Waals surface area (Å²) in [7, 11) is 0. The van der Waals surface area contributed by atoms with Crippen LogP contribution in [0.2, 0.25) is 0 Å². The Balaban J connectivity index is 1.02. The highest BCUT2D eigenvalue weighted by molar-refractivity contribution is 5.85. The molecule has 0 spiro atoms. The highest BCUT2D eigenvalue weighted by atomic mass is 16.7. The molecule has 2 saturated heterocycles. The average molecular weight is 713 g/mol. The first-order valence-electron chi connectivity index (χ1n) is 18.0. The minimum Gasteiger partial charge on any atom is -0.458 e. The Kier molecular flexibility index (Phi) is 9.60. The first-order chi connectivity index (χ1) is 23.6. The van der Waals surface area contributed by atoms with E-state index in [1.165, 1.54) is 0 Å². The average Bonchev–Trinajstić information content (AvgIpc) is 3.64. The van der Waals surface area contributed by atoms with Gasteiger partial charge in [0.2, 0.25) is 0 Å². The fourth-order valence-corrected chi connectivity index (χ4v) is 11.3. The normalized spacial score (nSPS) is 55.0. The van der Waals surface area contributed by atoms with E-state index in [1.807, 2.05) is 0 Å². The fourth-order valence-electron chi connectivity index (χ4n) is 11.3. The molecule has 0 amide bonds. The molecule has 0 aromatic carbocycles. The molecule has 282 valence electrons. The molecule has 0 radical (unpaired) electrons. The molecular weight excluding hydrogens is 660 g/mol. The number of fused-ring (bicyclic) bond motifs is 5. The Labute approximate surface area is 290 Å². The summed E-state index contributed by atoms with van der Waals surface area (Å²) < 4.78 is 28.4. The predicted octanol–water partition coefficient (Wildman–Crippen LogP) is -1.43. The number of aliphatic hydroxyl groups is 8. The molecule has 7 rings (SSSR count). The van der Waals surface area contributed by atoms with Crippen LogP contribution in [-0.4, -0.2) is 145 Å². The molecule has 0 bridgehead atoms. The number of carbonyl (C=O) groups excluding carboxylic acids is 2. The van der Waals surface area contributed by atoms with Gasteiger partial charge in [0.25, 0.3) is 0 Å². The summed E-state index contributed by atoms with van der Waals surface area (Å²) in [4.78, 5) is 25.1. The molecule has 0 aromatic heterocycles. The fraction of sp³-hybridized carbons (Fsp3) is 0.886. The van der Waals surface area contributed by atoms with Gasteiger partial charge in [-0.25, -0.2) is 4.79 Å². The summed E-state index contributed by atoms with van der Waals surface area (Å²) in [5, 5.41) is 87.0. The van der Waals surface area contributed by atoms with E-state index in [4.69, 9.17) is 23.7 Å². The van der Waals surface area contributed by atoms with Crippen molar-refractivity contribution in [1.82, 2.24) is 0 Å². The van der Waals surface area contributed by atoms with Crippen LogP contribution in [0.15, 0.2) is 11.6 Å². The van der Waals surface area contributed by atoms with Crippen LogP contribution in [0.4, 0.5) is 0 Å². The van der Waals surface area contributed by atoms with Gasteiger partial charge in [-0.1, -0.05) is 6.92 Å². The van der Waals surface area contributed by atoms with Crippen molar-refractivity contribution >= 4 is 12.3 Å². The minimum atomic E-state index is -1.71. The van der Waals surface area contributed by atoms with E-state index in [0.717, 1.165) is 18.3 Å². The number of carbonyl (C=O) groups is 2. The Bertz CT molecular complexity index is 1340. The lowest BCUT2D eigenvalue weighted by Gasteiger charge is -2.65. The largest absolute Gasteiger partial charge is 0.458 e. The molecule has 50 heavy (non-hydrogen) atoms. The molecule has 18 atom stereocenters. The van der Waals surface area contributed by atoms with Gasteiger partial charge >= 0.3 is 5.97 Å². The van der Waals surface area contributed by atoms with Gasteiger partial charge in [0.15, 0.2) is 12.6 Å². The molecule has 3 aliphatic heterocycles. The van der Waals surface area contributed by atoms with Gasteiger partial charge in [-0.3, -0.25) is 0 Å². The summed E-state index contributed by atoms with van der Waals surface area (Å²) in [5.74, 6) is -0.830. The number of cyclic esters (lactones) is 1. The second-order valence-electron chi connectivity index (χ2n) is 16.2. The van der Waals surface area contributed by atoms with Gasteiger partial charge in [-0.05, 0) is 81.6 Å². The van der Waals surface area contributed by atoms with Crippen molar-refractivity contribution in [2.45, 2.75) is 150 Å². The van der Waals surface area contributed by atoms with Crippen molar-refractivity contribution in [1.29, 1.82) is 0 Å². The number of ether oxygens (including phenoxy) is 5. The first-order valence-corrected chi connectivity index (χ1v) is 18.0. The van der Waals surface area contributed by atoms with Gasteiger partial charge in [0.05, 0.1) is 35.4 Å². The molecule has 16 unspecified atom stereocenters. The minimum absolute atomic E-state index is 0.00102. The van der Waals surface area contributed by atoms with E-state index in [2.05, 4.69) is 6.92 Å². The van der Waals surface area contributed by atoms with Crippen molar-refractivity contribution in [2.24, 2.45) is 28.6 Å². The summed E-state index contributed by atoms with van der Waals surface area (Å²) in [6, 6.07) is 0. The van der Waals surface area contributed by atoms with Crippen molar-refractivity contribution in [3.63, 3.8) is 0 Å². The second kappa shape index (κ2) is 13.1. The molecule has 3 heterocycles. The maximum atomic E-state index is 13.2. The van der Waals surface area contributed by atoms with Crippen LogP contribution in [0.3, 0.4) is 0 Å². The zero-order chi connectivity index (χ0) is 36.0. The lowest BCUT2D eigenvalue weighted by Crippen LogP contribution is -2.69. The molecule has 0 aromatic rings. The standard InChI is InChI=1S/C35H52O15/c1-16-29(50-31-27(42)25(40)24(39)22(13-36)49-31)26(41)28(43)30(47-16)48-18-3-8-33(15-37)20-4-7-32(2)19(17-11-23(38)46-14-17)6-10-35(32,45)21(20)5-9-34(33,44)12-18/h11,15-16,18-22,24-31,36,39-45H,3-10,12-14H2,1-2H3/t16?,18?,19?,20-,21+,22?,24?,25?,26?,27?,28?,29?,30?,31?,32?,33?,34?,35?/m0/s1. The smallest absolute Gasteiger partial charge is 0.331 e. The number of hydrogen-bond acceptors (Lipinski definition) is 15. The van der Waals surface area contributed by atoms with E-state index in [0.29, 0.717) is 38.5 Å². The number of esters is 1. The van der Waals surface area contributed by atoms with Crippen molar-refractivity contribution in [3.05, 3.63) is 11.6 Å². The van der Waals surface area contributed by atoms with Crippen molar-refractivity contribution in [2.75, 3.05) is 13.2 Å². The third-order valence-corrected chi connectivity index (χ3v) is 14.1. The van der Waals surface area contributed by atoms with E-state index in [1.54, 1.807) is 13.0 Å². The molecule has 15 nitrogen and oxygen atoms in total. The summed E-state index contributed by atoms with van der Waals surface area (Å²) in [5.41, 5.74) is -3.20. The zero-order valence-corrected chi connectivity index (χ0v) is 28.5. The molecule has 6 fully saturated rings. The maximum Gasteiger partial charge on any atom is 0.331 e. The predicted molar refractivity (Wildman–Crippen MR) is 167 cm³/mol. The van der Waals surface area contributed by atoms with Crippen LogP contribution in [0.25, 0.3) is 0 Å². The molecule has 7 aliphatic rings. The molecular formula is C35H52O15. The highest BCUT2D eigenvalue weighted by Gasteiger charge is 2.71. The van der Waals surface area contributed by atoms with E-state index in [-0.39, 0.29) is 43.2 Å². The van der Waals surface area contributed by atoms with Gasteiger partial charge in [-0.2, -0.15) is 0 Å². The lowest BCUT2D eigenvalue weighted by molar-refractivity contribution is -0.361. The highest BCUT2D eigenvalue weighted by Crippen LogP contribution is 2.70. The first kappa shape index (κ1) is 36.7. The maximum absolute atomic E-state index is 13.2. The summed E-state index contributed by atoms with van der Waals surface area (Å²) in [6.07, 6.45) is -8.63. The molecule has 8 N–H and O–H groups in total. The zero-order valence-electron chi connectivity index (χ0n) is 28.5. The van der Waals surface area contributed by atoms with Gasteiger partial charge in [-0.15, -0.1) is 0 Å². The number of aliphatic hydroxyl groups excluding tert-OH is 6. The van der Waals surface area contributed by atoms with Crippen LogP contribution in [0, 0.1) is 28.6 Å². The third kappa shape index (κ3) is 5.37. The van der Waals surface area contributed by atoms with Crippen LogP contribution < -0.4 is 0 Å². The van der Waals surface area contributed by atoms with Crippen LogP contribution >= 0.6 is 0 Å². The quantitative estimate of drug-likeness (QED) is 0.0858. The third-order valence-electron chi connectivity index (χ3n) is 14.1. The number of aldehydes is 1. The van der Waals surface area contributed by atoms with Crippen LogP contribution in [0.1, 0.15) is 71.6 Å². The van der Waals surface area contributed by atoms with E-state index in [9.17, 15) is 50.4 Å². The van der Waals surface area contributed by atoms with Crippen LogP contribution in [-0.2, 0) is 33.3 Å². The summed E-state index contributed by atoms with van der Waals surface area (Å²) >= 11 is 0. The Morgan fingerprint density at radius 3 is 2.24 bits per heavy atom. The van der Waals surface area contributed by atoms with Crippen molar-refractivity contribution in [3.8, 4) is 0 Å². The second-order valence-corrected chi connectivity index (χ2v) is 16.2. The van der Waals surface area contributed by atoms with Gasteiger partial charge < -0.3 is 69.3 Å². The number of hydrogen-bond donors (Lipinski definition) is 8. The number of rotatable bonds is 7. The van der Waals surface area contributed by atoms with E-state index >= 15 is 0 Å².